The van der Waals surface area contributed by atoms with Gasteiger partial charge in [0.1, 0.15) is 11.6 Å². The highest BCUT2D eigenvalue weighted by Gasteiger charge is 2.30. The maximum atomic E-state index is 13.5. The van der Waals surface area contributed by atoms with E-state index >= 15 is 0 Å². The first kappa shape index (κ1) is 20.4. The van der Waals surface area contributed by atoms with Crippen molar-refractivity contribution in [1.29, 1.82) is 0 Å². The van der Waals surface area contributed by atoms with Gasteiger partial charge in [0.2, 0.25) is 0 Å². The fourth-order valence-corrected chi connectivity index (χ4v) is 4.36. The van der Waals surface area contributed by atoms with E-state index in [-0.39, 0.29) is 17.6 Å². The molecule has 0 radical (unpaired) electrons. The molecular weight excluding hydrogens is 411 g/mol. The molecule has 5 rings (SSSR count). The summed E-state index contributed by atoms with van der Waals surface area (Å²) >= 11 is 0. The Bertz CT molecular complexity index is 1300. The van der Waals surface area contributed by atoms with Gasteiger partial charge in [-0.05, 0) is 50.5 Å². The third-order valence-corrected chi connectivity index (χ3v) is 5.87. The third kappa shape index (κ3) is 3.88. The smallest absolute Gasteiger partial charge is 0.258 e. The molecule has 1 unspecified atom stereocenters. The van der Waals surface area contributed by atoms with Crippen molar-refractivity contribution in [2.45, 2.75) is 39.0 Å². The van der Waals surface area contributed by atoms with E-state index in [1.807, 2.05) is 24.8 Å². The van der Waals surface area contributed by atoms with Crippen LogP contribution in [0.25, 0.3) is 11.1 Å². The van der Waals surface area contributed by atoms with E-state index in [1.54, 1.807) is 18.3 Å². The number of aryl methyl sites for hydroxylation is 2. The molecule has 4 aromatic rings. The number of likely N-dealkylation sites (tertiary alicyclic amines) is 1. The molecule has 0 bridgehead atoms. The summed E-state index contributed by atoms with van der Waals surface area (Å²) in [6, 6.07) is 8.24. The van der Waals surface area contributed by atoms with Gasteiger partial charge in [-0.25, -0.2) is 14.4 Å². The van der Waals surface area contributed by atoms with E-state index in [0.29, 0.717) is 59.2 Å². The van der Waals surface area contributed by atoms with Crippen LogP contribution in [-0.2, 0) is 6.42 Å². The van der Waals surface area contributed by atoms with Crippen molar-refractivity contribution in [3.8, 4) is 0 Å². The molecule has 0 N–H and O–H groups in total. The van der Waals surface area contributed by atoms with Gasteiger partial charge in [0, 0.05) is 25.2 Å². The Hall–Kier alpha value is -3.55. The largest absolute Gasteiger partial charge is 0.445 e. The standard InChI is InChI=1S/C24H23FN4O3/c1-14-9-20(21-15(2)28-32-23(21)27-14)24(30)29-8-4-6-17(13-29)22-26-12-19(31-22)11-16-5-3-7-18(25)10-16/h3,5,7,9-10,12,17H,4,6,8,11,13H2,1-2H3. The molecule has 1 aromatic carbocycles. The quantitative estimate of drug-likeness (QED) is 0.468. The Balaban J connectivity index is 1.35. The monoisotopic (exact) mass is 434 g/mol. The molecule has 0 saturated carbocycles. The highest BCUT2D eigenvalue weighted by Crippen LogP contribution is 2.30. The van der Waals surface area contributed by atoms with Crippen LogP contribution in [0, 0.1) is 19.7 Å². The zero-order valence-corrected chi connectivity index (χ0v) is 18.0. The van der Waals surface area contributed by atoms with Gasteiger partial charge in [-0.1, -0.05) is 17.3 Å². The number of oxazole rings is 1. The Labute approximate surface area is 184 Å². The number of fused-ring (bicyclic) bond motifs is 1. The number of nitrogens with zero attached hydrogens (tertiary/aromatic N) is 4. The van der Waals surface area contributed by atoms with Gasteiger partial charge in [0.15, 0.2) is 5.89 Å². The summed E-state index contributed by atoms with van der Waals surface area (Å²) in [6.45, 7) is 4.83. The second-order valence-corrected chi connectivity index (χ2v) is 8.32. The zero-order valence-electron chi connectivity index (χ0n) is 18.0. The molecule has 0 spiro atoms. The zero-order chi connectivity index (χ0) is 22.2. The second-order valence-electron chi connectivity index (χ2n) is 8.32. The van der Waals surface area contributed by atoms with Crippen LogP contribution in [0.15, 0.2) is 45.5 Å². The number of hydrogen-bond acceptors (Lipinski definition) is 6. The number of piperidine rings is 1. The van der Waals surface area contributed by atoms with Crippen LogP contribution in [-0.4, -0.2) is 39.0 Å². The van der Waals surface area contributed by atoms with Crippen LogP contribution < -0.4 is 0 Å². The lowest BCUT2D eigenvalue weighted by Crippen LogP contribution is -2.39. The molecule has 164 valence electrons. The Morgan fingerprint density at radius 1 is 1.28 bits per heavy atom. The average Bonchev–Trinajstić information content (AvgIpc) is 3.39. The molecule has 32 heavy (non-hydrogen) atoms. The number of hydrogen-bond donors (Lipinski definition) is 0. The van der Waals surface area contributed by atoms with Crippen LogP contribution in [0.4, 0.5) is 4.39 Å². The van der Waals surface area contributed by atoms with E-state index in [0.717, 1.165) is 18.4 Å². The number of halogens is 1. The molecule has 1 aliphatic rings. The summed E-state index contributed by atoms with van der Waals surface area (Å²) in [5.41, 5.74) is 3.13. The number of rotatable bonds is 4. The van der Waals surface area contributed by atoms with Crippen molar-refractivity contribution < 1.29 is 18.1 Å². The highest BCUT2D eigenvalue weighted by molar-refractivity contribution is 6.06. The summed E-state index contributed by atoms with van der Waals surface area (Å²) in [5.74, 6) is 0.970. The lowest BCUT2D eigenvalue weighted by molar-refractivity contribution is 0.0699. The lowest BCUT2D eigenvalue weighted by Gasteiger charge is -2.31. The van der Waals surface area contributed by atoms with Crippen LogP contribution in [0.1, 0.15) is 57.7 Å². The molecule has 1 saturated heterocycles. The summed E-state index contributed by atoms with van der Waals surface area (Å²) in [6.07, 6.45) is 3.91. The Morgan fingerprint density at radius 3 is 3.00 bits per heavy atom. The second kappa shape index (κ2) is 8.18. The molecule has 1 atom stereocenters. The lowest BCUT2D eigenvalue weighted by atomic mass is 9.97. The molecule has 3 aromatic heterocycles. The van der Waals surface area contributed by atoms with Gasteiger partial charge in [-0.2, -0.15) is 0 Å². The van der Waals surface area contributed by atoms with Gasteiger partial charge < -0.3 is 13.8 Å². The normalized spacial score (nSPS) is 16.6. The van der Waals surface area contributed by atoms with Crippen molar-refractivity contribution in [1.82, 2.24) is 20.0 Å². The van der Waals surface area contributed by atoms with Gasteiger partial charge in [0.05, 0.1) is 28.8 Å². The van der Waals surface area contributed by atoms with Gasteiger partial charge in [-0.15, -0.1) is 0 Å². The van der Waals surface area contributed by atoms with Crippen molar-refractivity contribution in [3.05, 3.63) is 76.5 Å². The summed E-state index contributed by atoms with van der Waals surface area (Å²) in [7, 11) is 0. The molecule has 7 nitrogen and oxygen atoms in total. The van der Waals surface area contributed by atoms with Crippen molar-refractivity contribution in [2.24, 2.45) is 0 Å². The van der Waals surface area contributed by atoms with E-state index in [1.165, 1.54) is 12.1 Å². The minimum Gasteiger partial charge on any atom is -0.445 e. The minimum absolute atomic E-state index is 0.0101. The molecule has 0 aliphatic carbocycles. The Kier molecular flexibility index (Phi) is 5.20. The van der Waals surface area contributed by atoms with Crippen LogP contribution in [0.2, 0.25) is 0 Å². The fourth-order valence-electron chi connectivity index (χ4n) is 4.36. The van der Waals surface area contributed by atoms with E-state index in [9.17, 15) is 9.18 Å². The van der Waals surface area contributed by atoms with Crippen molar-refractivity contribution in [2.75, 3.05) is 13.1 Å². The molecule has 1 amide bonds. The molecular formula is C24H23FN4O3. The molecule has 1 aliphatic heterocycles. The van der Waals surface area contributed by atoms with E-state index in [2.05, 4.69) is 15.1 Å². The molecule has 1 fully saturated rings. The number of carbonyl (C=O) groups is 1. The van der Waals surface area contributed by atoms with Gasteiger partial charge in [-0.3, -0.25) is 4.79 Å². The van der Waals surface area contributed by atoms with Gasteiger partial charge >= 0.3 is 0 Å². The van der Waals surface area contributed by atoms with Gasteiger partial charge in [0.25, 0.3) is 11.6 Å². The third-order valence-electron chi connectivity index (χ3n) is 5.87. The van der Waals surface area contributed by atoms with Crippen LogP contribution in [0.5, 0.6) is 0 Å². The average molecular weight is 434 g/mol. The summed E-state index contributed by atoms with van der Waals surface area (Å²) < 4.78 is 24.7. The highest BCUT2D eigenvalue weighted by atomic mass is 19.1. The first-order valence-electron chi connectivity index (χ1n) is 10.7. The number of benzene rings is 1. The van der Waals surface area contributed by atoms with E-state index in [4.69, 9.17) is 8.94 Å². The maximum Gasteiger partial charge on any atom is 0.258 e. The molecule has 8 heteroatoms. The maximum absolute atomic E-state index is 13.5. The van der Waals surface area contributed by atoms with Crippen LogP contribution in [0.3, 0.4) is 0 Å². The van der Waals surface area contributed by atoms with Crippen LogP contribution >= 0.6 is 0 Å². The molecule has 4 heterocycles. The summed E-state index contributed by atoms with van der Waals surface area (Å²) in [5, 5.41) is 4.64. The minimum atomic E-state index is -0.271. The number of amides is 1. The predicted octanol–water partition coefficient (Wildman–Crippen LogP) is 4.58. The fraction of sp³-hybridized carbons (Fsp3) is 0.333. The van der Waals surface area contributed by atoms with Crippen molar-refractivity contribution in [3.63, 3.8) is 0 Å². The SMILES string of the molecule is Cc1cc(C(=O)N2CCCC(c3ncc(Cc4cccc(F)c4)o3)C2)c2c(C)noc2n1. The first-order valence-corrected chi connectivity index (χ1v) is 10.7. The number of carbonyl (C=O) groups excluding carboxylic acids is 1. The van der Waals surface area contributed by atoms with Crippen molar-refractivity contribution >= 4 is 17.0 Å². The number of aromatic nitrogens is 3. The summed E-state index contributed by atoms with van der Waals surface area (Å²) in [4.78, 5) is 24.1. The first-order chi connectivity index (χ1) is 15.5. The topological polar surface area (TPSA) is 85.3 Å². The predicted molar refractivity (Wildman–Crippen MR) is 115 cm³/mol. The number of pyridine rings is 1. The Morgan fingerprint density at radius 2 is 2.16 bits per heavy atom. The van der Waals surface area contributed by atoms with E-state index < -0.39 is 0 Å².